The summed E-state index contributed by atoms with van der Waals surface area (Å²) in [5, 5.41) is 6.77. The van der Waals surface area contributed by atoms with E-state index in [0.717, 1.165) is 68.7 Å². The van der Waals surface area contributed by atoms with Gasteiger partial charge >= 0.3 is 0 Å². The summed E-state index contributed by atoms with van der Waals surface area (Å²) in [6.07, 6.45) is 1.49. The van der Waals surface area contributed by atoms with E-state index in [2.05, 4.69) is 29.4 Å². The number of ether oxygens (including phenoxy) is 2. The smallest absolute Gasteiger partial charge is 0.222 e. The number of guanidine groups is 1. The molecule has 1 aromatic carbocycles. The van der Waals surface area contributed by atoms with Gasteiger partial charge in [-0.1, -0.05) is 26.8 Å². The number of nitrogens with one attached hydrogen (secondary N) is 2. The minimum atomic E-state index is 0. The van der Waals surface area contributed by atoms with Crippen molar-refractivity contribution in [1.29, 1.82) is 0 Å². The van der Waals surface area contributed by atoms with Crippen LogP contribution in [0.15, 0.2) is 23.2 Å². The number of halogens is 1. The Labute approximate surface area is 216 Å². The van der Waals surface area contributed by atoms with Crippen LogP contribution in [0.3, 0.4) is 0 Å². The van der Waals surface area contributed by atoms with Crippen LogP contribution in [0.4, 0.5) is 0 Å². The first-order valence-electron chi connectivity index (χ1n) is 11.9. The summed E-state index contributed by atoms with van der Waals surface area (Å²) < 4.78 is 11.5. The average Bonchev–Trinajstić information content (AvgIpc) is 3.28. The van der Waals surface area contributed by atoms with Crippen molar-refractivity contribution in [3.05, 3.63) is 23.8 Å². The molecule has 1 atom stereocenters. The first kappa shape index (κ1) is 29.3. The van der Waals surface area contributed by atoms with Gasteiger partial charge in [-0.25, -0.2) is 4.99 Å². The third-order valence-corrected chi connectivity index (χ3v) is 5.74. The SMILES string of the molecule is CCNC(=NCc1ccc(OCCN(CC)CC)c(OC)c1)NC1CCN(C(=O)CC)C1.I. The monoisotopic (exact) mass is 575 g/mol. The molecular weight excluding hydrogens is 533 g/mol. The number of aliphatic imine (C=N–C) groups is 1. The number of hydrogen-bond donors (Lipinski definition) is 2. The van der Waals surface area contributed by atoms with Crippen molar-refractivity contribution < 1.29 is 14.3 Å². The number of nitrogens with zero attached hydrogens (tertiary/aromatic N) is 3. The highest BCUT2D eigenvalue weighted by Crippen LogP contribution is 2.28. The quantitative estimate of drug-likeness (QED) is 0.227. The summed E-state index contributed by atoms with van der Waals surface area (Å²) in [4.78, 5) is 20.9. The van der Waals surface area contributed by atoms with Gasteiger partial charge in [0.2, 0.25) is 5.91 Å². The van der Waals surface area contributed by atoms with Crippen LogP contribution in [-0.2, 0) is 11.3 Å². The third kappa shape index (κ3) is 9.56. The molecule has 0 bridgehead atoms. The maximum Gasteiger partial charge on any atom is 0.222 e. The summed E-state index contributed by atoms with van der Waals surface area (Å²) in [6, 6.07) is 6.19. The van der Waals surface area contributed by atoms with Gasteiger partial charge in [0, 0.05) is 38.6 Å². The molecule has 33 heavy (non-hydrogen) atoms. The first-order valence-corrected chi connectivity index (χ1v) is 11.9. The van der Waals surface area contributed by atoms with Crippen molar-refractivity contribution in [1.82, 2.24) is 20.4 Å². The molecule has 9 heteroatoms. The Morgan fingerprint density at radius 1 is 1.21 bits per heavy atom. The number of hydrogen-bond acceptors (Lipinski definition) is 5. The summed E-state index contributed by atoms with van der Waals surface area (Å²) in [6.45, 7) is 14.7. The van der Waals surface area contributed by atoms with Crippen LogP contribution < -0.4 is 20.1 Å². The summed E-state index contributed by atoms with van der Waals surface area (Å²) in [7, 11) is 1.66. The zero-order valence-electron chi connectivity index (χ0n) is 20.9. The zero-order valence-corrected chi connectivity index (χ0v) is 23.2. The van der Waals surface area contributed by atoms with Crippen molar-refractivity contribution in [2.45, 2.75) is 53.1 Å². The molecule has 0 radical (unpaired) electrons. The Hall–Kier alpha value is -1.75. The molecule has 0 saturated carbocycles. The molecule has 0 aliphatic carbocycles. The van der Waals surface area contributed by atoms with E-state index in [9.17, 15) is 4.79 Å². The number of benzene rings is 1. The minimum Gasteiger partial charge on any atom is -0.493 e. The van der Waals surface area contributed by atoms with Gasteiger partial charge < -0.3 is 29.9 Å². The lowest BCUT2D eigenvalue weighted by atomic mass is 10.2. The number of amides is 1. The van der Waals surface area contributed by atoms with E-state index < -0.39 is 0 Å². The highest BCUT2D eigenvalue weighted by molar-refractivity contribution is 14.0. The second-order valence-electron chi connectivity index (χ2n) is 7.88. The van der Waals surface area contributed by atoms with Gasteiger partial charge in [-0.15, -0.1) is 24.0 Å². The molecule has 2 rings (SSSR count). The highest BCUT2D eigenvalue weighted by Gasteiger charge is 2.25. The van der Waals surface area contributed by atoms with E-state index in [1.54, 1.807) is 7.11 Å². The van der Waals surface area contributed by atoms with Gasteiger partial charge in [0.25, 0.3) is 0 Å². The number of carbonyl (C=O) groups excluding carboxylic acids is 1. The van der Waals surface area contributed by atoms with E-state index in [-0.39, 0.29) is 35.9 Å². The molecule has 1 amide bonds. The summed E-state index contributed by atoms with van der Waals surface area (Å²) in [5.74, 6) is 2.45. The predicted molar refractivity (Wildman–Crippen MR) is 145 cm³/mol. The van der Waals surface area contributed by atoms with Crippen molar-refractivity contribution in [3.63, 3.8) is 0 Å². The summed E-state index contributed by atoms with van der Waals surface area (Å²) in [5.41, 5.74) is 1.05. The van der Waals surface area contributed by atoms with Gasteiger partial charge in [0.1, 0.15) is 6.61 Å². The molecule has 0 spiro atoms. The predicted octanol–water partition coefficient (Wildman–Crippen LogP) is 3.10. The van der Waals surface area contributed by atoms with E-state index in [1.807, 2.05) is 36.9 Å². The normalized spacial score (nSPS) is 15.9. The van der Waals surface area contributed by atoms with Crippen molar-refractivity contribution >= 4 is 35.8 Å². The lowest BCUT2D eigenvalue weighted by Crippen LogP contribution is -2.45. The Balaban J connectivity index is 0.00000544. The maximum absolute atomic E-state index is 11.9. The Kier molecular flexibility index (Phi) is 14.2. The topological polar surface area (TPSA) is 78.4 Å². The van der Waals surface area contributed by atoms with Crippen LogP contribution >= 0.6 is 24.0 Å². The third-order valence-electron chi connectivity index (χ3n) is 5.74. The van der Waals surface area contributed by atoms with Crippen LogP contribution in [0.5, 0.6) is 11.5 Å². The van der Waals surface area contributed by atoms with Crippen molar-refractivity contribution in [3.8, 4) is 11.5 Å². The number of likely N-dealkylation sites (N-methyl/N-ethyl adjacent to an activating group) is 1. The minimum absolute atomic E-state index is 0. The molecule has 2 N–H and O–H groups in total. The highest BCUT2D eigenvalue weighted by atomic mass is 127. The number of carbonyl (C=O) groups is 1. The molecular formula is C24H42IN5O3. The number of methoxy groups -OCH3 is 1. The number of likely N-dealkylation sites (tertiary alicyclic amines) is 1. The fourth-order valence-electron chi connectivity index (χ4n) is 3.77. The van der Waals surface area contributed by atoms with E-state index in [4.69, 9.17) is 14.5 Å². The first-order chi connectivity index (χ1) is 15.5. The van der Waals surface area contributed by atoms with E-state index in [0.29, 0.717) is 19.6 Å². The van der Waals surface area contributed by atoms with Crippen LogP contribution in [0.25, 0.3) is 0 Å². The van der Waals surface area contributed by atoms with Crippen molar-refractivity contribution in [2.75, 3.05) is 53.0 Å². The Morgan fingerprint density at radius 3 is 2.61 bits per heavy atom. The van der Waals surface area contributed by atoms with Gasteiger partial charge in [-0.2, -0.15) is 0 Å². The standard InChI is InChI=1S/C24H41N5O3.HI/c1-6-23(30)29-13-12-20(18-29)27-24(25-7-2)26-17-19-10-11-21(22(16-19)31-5)32-15-14-28(8-3)9-4;/h10-11,16,20H,6-9,12-15,17-18H2,1-5H3,(H2,25,26,27);1H. The lowest BCUT2D eigenvalue weighted by molar-refractivity contribution is -0.129. The van der Waals surface area contributed by atoms with Crippen LogP contribution in [-0.4, -0.2) is 80.7 Å². The van der Waals surface area contributed by atoms with Crippen LogP contribution in [0, 0.1) is 0 Å². The maximum atomic E-state index is 11.9. The lowest BCUT2D eigenvalue weighted by Gasteiger charge is -2.19. The molecule has 188 valence electrons. The molecule has 1 fully saturated rings. The second kappa shape index (κ2) is 16.0. The van der Waals surface area contributed by atoms with Crippen LogP contribution in [0.2, 0.25) is 0 Å². The molecule has 0 aromatic heterocycles. The summed E-state index contributed by atoms with van der Waals surface area (Å²) >= 11 is 0. The average molecular weight is 576 g/mol. The fourth-order valence-corrected chi connectivity index (χ4v) is 3.77. The van der Waals surface area contributed by atoms with Gasteiger partial charge in [0.05, 0.1) is 13.7 Å². The zero-order chi connectivity index (χ0) is 23.3. The molecule has 1 heterocycles. The molecule has 1 unspecified atom stereocenters. The Morgan fingerprint density at radius 2 is 1.97 bits per heavy atom. The fraction of sp³-hybridized carbons (Fsp3) is 0.667. The van der Waals surface area contributed by atoms with Crippen molar-refractivity contribution in [2.24, 2.45) is 4.99 Å². The van der Waals surface area contributed by atoms with Crippen LogP contribution in [0.1, 0.15) is 46.1 Å². The van der Waals surface area contributed by atoms with E-state index >= 15 is 0 Å². The molecule has 8 nitrogen and oxygen atoms in total. The van der Waals surface area contributed by atoms with Gasteiger partial charge in [-0.3, -0.25) is 4.79 Å². The molecule has 1 aliphatic rings. The Bertz CT molecular complexity index is 743. The second-order valence-corrected chi connectivity index (χ2v) is 7.88. The molecule has 1 saturated heterocycles. The van der Waals surface area contributed by atoms with Gasteiger partial charge in [-0.05, 0) is 44.1 Å². The largest absolute Gasteiger partial charge is 0.493 e. The molecule has 1 aliphatic heterocycles. The van der Waals surface area contributed by atoms with Gasteiger partial charge in [0.15, 0.2) is 17.5 Å². The molecule has 1 aromatic rings. The van der Waals surface area contributed by atoms with E-state index in [1.165, 1.54) is 0 Å². The number of rotatable bonds is 12.